The lowest BCUT2D eigenvalue weighted by atomic mass is 9.78. The van der Waals surface area contributed by atoms with Crippen molar-refractivity contribution in [1.82, 2.24) is 14.9 Å². The zero-order valence-electron chi connectivity index (χ0n) is 24.2. The summed E-state index contributed by atoms with van der Waals surface area (Å²) in [5.41, 5.74) is 1.40. The Hall–Kier alpha value is -2.73. The van der Waals surface area contributed by atoms with Crippen LogP contribution in [0.25, 0.3) is 10.9 Å². The summed E-state index contributed by atoms with van der Waals surface area (Å²) in [5.74, 6) is -0.680. The quantitative estimate of drug-likeness (QED) is 0.288. The van der Waals surface area contributed by atoms with Crippen LogP contribution in [0.1, 0.15) is 43.7 Å². The van der Waals surface area contributed by atoms with Gasteiger partial charge in [0, 0.05) is 37.9 Å². The van der Waals surface area contributed by atoms with Crippen molar-refractivity contribution in [3.8, 4) is 5.75 Å². The first-order valence-corrected chi connectivity index (χ1v) is 16.9. The SMILES string of the molecule is COc1ccc(F)cc1C(=O)NCc1ncc(B2OC(C)(C)C(C)(C)O2)c2ccn(COCC[Si](C)(C)C)c12. The molecule has 1 fully saturated rings. The fourth-order valence-corrected chi connectivity index (χ4v) is 5.11. The van der Waals surface area contributed by atoms with Gasteiger partial charge < -0.3 is 28.7 Å². The number of methoxy groups -OCH3 is 1. The molecule has 0 unspecified atom stereocenters. The van der Waals surface area contributed by atoms with Crippen molar-refractivity contribution < 1.29 is 28.0 Å². The Kier molecular flexibility index (Phi) is 8.28. The predicted molar refractivity (Wildman–Crippen MR) is 154 cm³/mol. The average Bonchev–Trinajstić information content (AvgIpc) is 3.36. The molecule has 0 aliphatic carbocycles. The van der Waals surface area contributed by atoms with Crippen molar-refractivity contribution >= 4 is 37.5 Å². The first kappa shape index (κ1) is 29.3. The summed E-state index contributed by atoms with van der Waals surface area (Å²) in [6.45, 7) is 16.1. The molecule has 0 bridgehead atoms. The smallest absolute Gasteiger partial charge is 0.496 e. The van der Waals surface area contributed by atoms with E-state index < -0.39 is 38.1 Å². The molecule has 1 aromatic carbocycles. The zero-order valence-corrected chi connectivity index (χ0v) is 25.2. The highest BCUT2D eigenvalue weighted by Crippen LogP contribution is 2.37. The highest BCUT2D eigenvalue weighted by molar-refractivity contribution is 6.76. The summed E-state index contributed by atoms with van der Waals surface area (Å²) in [6, 6.07) is 6.91. The fourth-order valence-electron chi connectivity index (χ4n) is 4.36. The first-order valence-electron chi connectivity index (χ1n) is 13.2. The lowest BCUT2D eigenvalue weighted by Gasteiger charge is -2.32. The van der Waals surface area contributed by atoms with Gasteiger partial charge in [-0.3, -0.25) is 9.78 Å². The molecule has 39 heavy (non-hydrogen) atoms. The van der Waals surface area contributed by atoms with Gasteiger partial charge >= 0.3 is 7.12 Å². The number of halogens is 1. The summed E-state index contributed by atoms with van der Waals surface area (Å²) in [7, 11) is -0.378. The van der Waals surface area contributed by atoms with Crippen molar-refractivity contribution in [2.24, 2.45) is 0 Å². The number of carbonyl (C=O) groups is 1. The normalized spacial score (nSPS) is 16.6. The number of nitrogens with zero attached hydrogens (tertiary/aromatic N) is 2. The van der Waals surface area contributed by atoms with Crippen LogP contribution in [-0.2, 0) is 27.3 Å². The van der Waals surface area contributed by atoms with Crippen molar-refractivity contribution in [2.45, 2.75) is 77.9 Å². The molecule has 1 aliphatic heterocycles. The molecular weight excluding hydrogens is 516 g/mol. The molecule has 210 valence electrons. The van der Waals surface area contributed by atoms with Crippen LogP contribution >= 0.6 is 0 Å². The maximum Gasteiger partial charge on any atom is 0.497 e. The van der Waals surface area contributed by atoms with Crippen LogP contribution in [0.5, 0.6) is 5.75 Å². The number of nitrogens with one attached hydrogen (secondary N) is 1. The van der Waals surface area contributed by atoms with Gasteiger partial charge in [0.25, 0.3) is 5.91 Å². The molecule has 2 aromatic heterocycles. The number of amides is 1. The highest BCUT2D eigenvalue weighted by atomic mass is 28.3. The molecule has 1 saturated heterocycles. The number of aromatic nitrogens is 2. The summed E-state index contributed by atoms with van der Waals surface area (Å²) in [6.07, 6.45) is 3.70. The second kappa shape index (κ2) is 11.0. The number of hydrogen-bond donors (Lipinski definition) is 1. The fraction of sp³-hybridized carbons (Fsp3) is 0.500. The number of carbonyl (C=O) groups excluding carboxylic acids is 1. The molecule has 1 aliphatic rings. The third kappa shape index (κ3) is 6.37. The predicted octanol–water partition coefficient (Wildman–Crippen LogP) is 4.73. The van der Waals surface area contributed by atoms with Crippen molar-refractivity contribution in [3.63, 3.8) is 0 Å². The van der Waals surface area contributed by atoms with Crippen LogP contribution in [0, 0.1) is 5.82 Å². The molecule has 3 aromatic rings. The van der Waals surface area contributed by atoms with E-state index in [0.29, 0.717) is 24.8 Å². The Labute approximate surface area is 231 Å². The maximum atomic E-state index is 13.9. The molecule has 1 amide bonds. The van der Waals surface area contributed by atoms with Gasteiger partial charge in [0.15, 0.2) is 0 Å². The largest absolute Gasteiger partial charge is 0.497 e. The summed E-state index contributed by atoms with van der Waals surface area (Å²) < 4.78 is 39.8. The molecule has 11 heteroatoms. The molecule has 0 radical (unpaired) electrons. The van der Waals surface area contributed by atoms with Gasteiger partial charge in [-0.15, -0.1) is 0 Å². The van der Waals surface area contributed by atoms with Crippen molar-refractivity contribution in [3.05, 3.63) is 53.7 Å². The van der Waals surface area contributed by atoms with E-state index in [-0.39, 0.29) is 12.1 Å². The molecule has 0 atom stereocenters. The number of benzene rings is 1. The van der Waals surface area contributed by atoms with Crippen LogP contribution in [0.4, 0.5) is 4.39 Å². The third-order valence-corrected chi connectivity index (χ3v) is 9.17. The average molecular weight is 556 g/mol. The van der Waals surface area contributed by atoms with E-state index in [0.717, 1.165) is 28.5 Å². The van der Waals surface area contributed by atoms with E-state index in [1.54, 1.807) is 6.20 Å². The monoisotopic (exact) mass is 555 g/mol. The highest BCUT2D eigenvalue weighted by Gasteiger charge is 2.52. The van der Waals surface area contributed by atoms with Crippen LogP contribution < -0.4 is 15.5 Å². The van der Waals surface area contributed by atoms with E-state index in [1.165, 1.54) is 19.2 Å². The molecule has 1 N–H and O–H groups in total. The van der Waals surface area contributed by atoms with Crippen LogP contribution in [-0.4, -0.2) is 55.6 Å². The van der Waals surface area contributed by atoms with Crippen LogP contribution in [0.3, 0.4) is 0 Å². The Morgan fingerprint density at radius 3 is 2.49 bits per heavy atom. The number of hydrogen-bond acceptors (Lipinski definition) is 6. The number of pyridine rings is 1. The van der Waals surface area contributed by atoms with Crippen LogP contribution in [0.2, 0.25) is 25.7 Å². The molecule has 3 heterocycles. The zero-order chi connectivity index (χ0) is 28.6. The number of ether oxygens (including phenoxy) is 2. The minimum Gasteiger partial charge on any atom is -0.496 e. The van der Waals surface area contributed by atoms with E-state index in [4.69, 9.17) is 23.8 Å². The van der Waals surface area contributed by atoms with E-state index >= 15 is 0 Å². The molecular formula is C28H39BFN3O5Si. The summed E-state index contributed by atoms with van der Waals surface area (Å²) in [4.78, 5) is 17.7. The van der Waals surface area contributed by atoms with E-state index in [2.05, 4.69) is 25.0 Å². The first-order chi connectivity index (χ1) is 18.2. The van der Waals surface area contributed by atoms with E-state index in [9.17, 15) is 9.18 Å². The Morgan fingerprint density at radius 2 is 1.85 bits per heavy atom. The third-order valence-electron chi connectivity index (χ3n) is 7.46. The number of rotatable bonds is 10. The van der Waals surface area contributed by atoms with Gasteiger partial charge in [0.2, 0.25) is 0 Å². The van der Waals surface area contributed by atoms with Gasteiger partial charge in [-0.2, -0.15) is 0 Å². The van der Waals surface area contributed by atoms with Gasteiger partial charge in [-0.25, -0.2) is 4.39 Å². The standard InChI is InChI=1S/C28H39BFN3O5Si/c1-27(2)28(3,4)38-29(37-27)22-16-31-23(17-32-26(34)21-15-19(30)9-10-24(21)35-5)25-20(22)11-12-33(25)18-36-13-14-39(6,7)8/h9-12,15-16H,13-14,17-18H2,1-8H3,(H,32,34). The van der Waals surface area contributed by atoms with Crippen LogP contribution in [0.15, 0.2) is 36.7 Å². The minimum absolute atomic E-state index is 0.118. The van der Waals surface area contributed by atoms with Gasteiger partial charge in [0.1, 0.15) is 18.3 Å². The van der Waals surface area contributed by atoms with Gasteiger partial charge in [-0.1, -0.05) is 19.6 Å². The lowest BCUT2D eigenvalue weighted by Crippen LogP contribution is -2.41. The van der Waals surface area contributed by atoms with Crippen molar-refractivity contribution in [1.29, 1.82) is 0 Å². The Bertz CT molecular complexity index is 1340. The van der Waals surface area contributed by atoms with Gasteiger partial charge in [0.05, 0.1) is 41.6 Å². The second-order valence-corrected chi connectivity index (χ2v) is 17.8. The van der Waals surface area contributed by atoms with Gasteiger partial charge in [-0.05, 0) is 58.0 Å². The second-order valence-electron chi connectivity index (χ2n) is 12.2. The van der Waals surface area contributed by atoms with E-state index in [1.807, 2.05) is 44.5 Å². The number of fused-ring (bicyclic) bond motifs is 1. The summed E-state index contributed by atoms with van der Waals surface area (Å²) in [5, 5.41) is 3.78. The Balaban J connectivity index is 1.64. The molecule has 0 spiro atoms. The Morgan fingerprint density at radius 1 is 1.15 bits per heavy atom. The lowest BCUT2D eigenvalue weighted by molar-refractivity contribution is 0.00578. The topological polar surface area (TPSA) is 83.8 Å². The molecule has 0 saturated carbocycles. The minimum atomic E-state index is -1.23. The molecule has 4 rings (SSSR count). The maximum absolute atomic E-state index is 13.9. The van der Waals surface area contributed by atoms with Crippen molar-refractivity contribution in [2.75, 3.05) is 13.7 Å². The molecule has 8 nitrogen and oxygen atoms in total. The summed E-state index contributed by atoms with van der Waals surface area (Å²) >= 11 is 0.